The predicted octanol–water partition coefficient (Wildman–Crippen LogP) is 5.02. The Morgan fingerprint density at radius 3 is 2.44 bits per heavy atom. The van der Waals surface area contributed by atoms with Gasteiger partial charge in [-0.3, -0.25) is 14.7 Å². The molecule has 2 aliphatic heterocycles. The smallest absolute Gasteiger partial charge is 0.260 e. The molecule has 1 aromatic carbocycles. The largest absolute Gasteiger partial charge is 0.618 e. The van der Waals surface area contributed by atoms with Crippen molar-refractivity contribution in [3.8, 4) is 5.88 Å². The zero-order valence-electron chi connectivity index (χ0n) is 22.8. The Kier molecular flexibility index (Phi) is 8.19. The number of aromatic nitrogens is 3. The van der Waals surface area contributed by atoms with Crippen LogP contribution in [0.15, 0.2) is 59.6 Å². The molecule has 2 aliphatic rings. The van der Waals surface area contributed by atoms with Gasteiger partial charge in [0.25, 0.3) is 5.91 Å². The highest BCUT2D eigenvalue weighted by Crippen LogP contribution is 2.38. The number of hydrogen-bond acceptors (Lipinski definition) is 6. The summed E-state index contributed by atoms with van der Waals surface area (Å²) in [4.78, 5) is 26.4. The predicted molar refractivity (Wildman–Crippen MR) is 152 cm³/mol. The molecule has 2 saturated heterocycles. The third kappa shape index (κ3) is 5.94. The summed E-state index contributed by atoms with van der Waals surface area (Å²) in [6.07, 6.45) is 10.2. The van der Waals surface area contributed by atoms with Gasteiger partial charge in [0, 0.05) is 54.4 Å². The Balaban J connectivity index is 1.23. The number of pyridine rings is 1. The van der Waals surface area contributed by atoms with Gasteiger partial charge in [0.1, 0.15) is 11.7 Å². The molecule has 0 radical (unpaired) electrons. The van der Waals surface area contributed by atoms with E-state index in [1.807, 2.05) is 11.8 Å². The third-order valence-electron chi connectivity index (χ3n) is 8.61. The van der Waals surface area contributed by atoms with E-state index in [1.165, 1.54) is 6.20 Å². The van der Waals surface area contributed by atoms with Crippen LogP contribution in [0.1, 0.15) is 65.9 Å². The molecule has 2 aromatic heterocycles. The van der Waals surface area contributed by atoms with E-state index in [-0.39, 0.29) is 17.6 Å². The molecule has 0 aliphatic carbocycles. The second kappa shape index (κ2) is 11.6. The summed E-state index contributed by atoms with van der Waals surface area (Å²) in [6.45, 7) is 9.31. The highest BCUT2D eigenvalue weighted by molar-refractivity contribution is 9.10. The van der Waals surface area contributed by atoms with E-state index in [4.69, 9.17) is 4.74 Å². The Morgan fingerprint density at radius 1 is 1.10 bits per heavy atom. The van der Waals surface area contributed by atoms with Gasteiger partial charge in [-0.2, -0.15) is 4.73 Å². The minimum atomic E-state index is -0.0923. The fraction of sp³-hybridized carbons (Fsp3) is 0.467. The van der Waals surface area contributed by atoms with E-state index < -0.39 is 0 Å². The van der Waals surface area contributed by atoms with Gasteiger partial charge in [0.15, 0.2) is 6.20 Å². The second-order valence-corrected chi connectivity index (χ2v) is 11.9. The molecule has 39 heavy (non-hydrogen) atoms. The van der Waals surface area contributed by atoms with E-state index in [9.17, 15) is 10.0 Å². The lowest BCUT2D eigenvalue weighted by Crippen LogP contribution is -2.57. The standard InChI is InChI=1S/C30H36BrN5O3/c1-21-8-17-36(38)22(2)27(21)29(37)34-18-11-30(3,12-19-34)35-15-9-24(10-16-35)28(23-4-6-25(31)7-5-23)39-26-20-32-13-14-33-26/h4-8,13-14,17,20,24,28H,9-12,15-16,18-19H2,1-3H3. The molecular formula is C30H36BrN5O3. The fourth-order valence-corrected chi connectivity index (χ4v) is 6.33. The molecular weight excluding hydrogens is 558 g/mol. The van der Waals surface area contributed by atoms with Gasteiger partial charge in [-0.25, -0.2) is 4.98 Å². The van der Waals surface area contributed by atoms with E-state index in [2.05, 4.69) is 62.0 Å². The van der Waals surface area contributed by atoms with E-state index in [1.54, 1.807) is 31.6 Å². The van der Waals surface area contributed by atoms with Gasteiger partial charge in [0.2, 0.25) is 11.6 Å². The Labute approximate surface area is 238 Å². The summed E-state index contributed by atoms with van der Waals surface area (Å²) >= 11 is 3.54. The maximum absolute atomic E-state index is 13.3. The molecule has 1 amide bonds. The van der Waals surface area contributed by atoms with Gasteiger partial charge in [0.05, 0.1) is 6.20 Å². The number of likely N-dealkylation sites (tertiary alicyclic amines) is 2. The van der Waals surface area contributed by atoms with Crippen LogP contribution in [0.2, 0.25) is 0 Å². The van der Waals surface area contributed by atoms with Crippen molar-refractivity contribution in [3.63, 3.8) is 0 Å². The SMILES string of the molecule is Cc1cc[n+]([O-])c(C)c1C(=O)N1CCC(C)(N2CCC(C(Oc3cnccn3)c3ccc(Br)cc3)CC2)CC1. The number of hydrogen-bond donors (Lipinski definition) is 0. The first-order valence-corrected chi connectivity index (χ1v) is 14.5. The summed E-state index contributed by atoms with van der Waals surface area (Å²) in [5, 5.41) is 12.1. The number of benzene rings is 1. The van der Waals surface area contributed by atoms with Gasteiger partial charge < -0.3 is 14.8 Å². The molecule has 2 fully saturated rings. The third-order valence-corrected chi connectivity index (χ3v) is 9.13. The number of piperidine rings is 2. The maximum Gasteiger partial charge on any atom is 0.260 e. The molecule has 206 valence electrons. The molecule has 3 aromatic rings. The minimum absolute atomic E-state index is 0.0329. The second-order valence-electron chi connectivity index (χ2n) is 11.0. The monoisotopic (exact) mass is 593 g/mol. The van der Waals surface area contributed by atoms with E-state index in [0.717, 1.165) is 59.1 Å². The highest BCUT2D eigenvalue weighted by Gasteiger charge is 2.40. The first-order chi connectivity index (χ1) is 18.7. The van der Waals surface area contributed by atoms with Crippen LogP contribution in [-0.4, -0.2) is 57.4 Å². The summed E-state index contributed by atoms with van der Waals surface area (Å²) in [6, 6.07) is 10.1. The normalized spacial score (nSPS) is 19.0. The summed E-state index contributed by atoms with van der Waals surface area (Å²) in [5.41, 5.74) is 3.05. The number of nitrogens with zero attached hydrogens (tertiary/aromatic N) is 5. The molecule has 4 heterocycles. The highest BCUT2D eigenvalue weighted by atomic mass is 79.9. The summed E-state index contributed by atoms with van der Waals surface area (Å²) in [5.74, 6) is 0.871. The van der Waals surface area contributed by atoms with Crippen molar-refractivity contribution in [2.24, 2.45) is 5.92 Å². The first-order valence-electron chi connectivity index (χ1n) is 13.7. The Bertz CT molecular complexity index is 1290. The number of carbonyl (C=O) groups excluding carboxylic acids is 1. The van der Waals surface area contributed by atoms with Crippen molar-refractivity contribution in [2.45, 2.75) is 58.1 Å². The lowest BCUT2D eigenvalue weighted by Gasteiger charge is -2.49. The zero-order valence-corrected chi connectivity index (χ0v) is 24.4. The van der Waals surface area contributed by atoms with Crippen LogP contribution < -0.4 is 9.47 Å². The molecule has 0 N–H and O–H groups in total. The van der Waals surface area contributed by atoms with Crippen molar-refractivity contribution in [2.75, 3.05) is 26.2 Å². The van der Waals surface area contributed by atoms with Crippen molar-refractivity contribution in [1.82, 2.24) is 19.8 Å². The molecule has 9 heteroatoms. The number of halogens is 1. The van der Waals surface area contributed by atoms with Crippen LogP contribution in [0.3, 0.4) is 0 Å². The van der Waals surface area contributed by atoms with Crippen molar-refractivity contribution >= 4 is 21.8 Å². The average Bonchev–Trinajstić information content (AvgIpc) is 2.95. The number of ether oxygens (including phenoxy) is 1. The number of amides is 1. The van der Waals surface area contributed by atoms with Crippen LogP contribution in [0.4, 0.5) is 0 Å². The number of rotatable bonds is 6. The Morgan fingerprint density at radius 2 is 1.79 bits per heavy atom. The average molecular weight is 595 g/mol. The van der Waals surface area contributed by atoms with Gasteiger partial charge in [-0.1, -0.05) is 28.1 Å². The van der Waals surface area contributed by atoms with E-state index >= 15 is 0 Å². The van der Waals surface area contributed by atoms with Crippen molar-refractivity contribution < 1.29 is 14.3 Å². The van der Waals surface area contributed by atoms with Crippen LogP contribution >= 0.6 is 15.9 Å². The molecule has 0 bridgehead atoms. The quantitative estimate of drug-likeness (QED) is 0.295. The molecule has 8 nitrogen and oxygen atoms in total. The van der Waals surface area contributed by atoms with Gasteiger partial charge in [-0.15, -0.1) is 0 Å². The summed E-state index contributed by atoms with van der Waals surface area (Å²) < 4.78 is 8.25. The first kappa shape index (κ1) is 27.5. The molecule has 5 rings (SSSR count). The lowest BCUT2D eigenvalue weighted by atomic mass is 9.82. The minimum Gasteiger partial charge on any atom is -0.618 e. The van der Waals surface area contributed by atoms with Crippen molar-refractivity contribution in [3.05, 3.63) is 87.2 Å². The zero-order chi connectivity index (χ0) is 27.6. The number of aryl methyl sites for hydroxylation is 1. The topological polar surface area (TPSA) is 85.5 Å². The fourth-order valence-electron chi connectivity index (χ4n) is 6.07. The maximum atomic E-state index is 13.3. The van der Waals surface area contributed by atoms with Crippen LogP contribution in [0.5, 0.6) is 5.88 Å². The Hall–Kier alpha value is -3.04. The molecule has 0 spiro atoms. The number of carbonyl (C=O) groups is 1. The molecule has 1 atom stereocenters. The van der Waals surface area contributed by atoms with E-state index in [0.29, 0.717) is 36.1 Å². The lowest BCUT2D eigenvalue weighted by molar-refractivity contribution is -0.612. The molecule has 0 saturated carbocycles. The van der Waals surface area contributed by atoms with Crippen LogP contribution in [0, 0.1) is 25.0 Å². The summed E-state index contributed by atoms with van der Waals surface area (Å²) in [7, 11) is 0. The van der Waals surface area contributed by atoms with Crippen molar-refractivity contribution in [1.29, 1.82) is 0 Å². The van der Waals surface area contributed by atoms with Crippen LogP contribution in [0.25, 0.3) is 0 Å². The van der Waals surface area contributed by atoms with Gasteiger partial charge in [-0.05, 0) is 75.9 Å². The molecule has 1 unspecified atom stereocenters. The van der Waals surface area contributed by atoms with Gasteiger partial charge >= 0.3 is 0 Å². The van der Waals surface area contributed by atoms with Crippen LogP contribution in [-0.2, 0) is 0 Å².